The monoisotopic (exact) mass is 948 g/mol. The first-order chi connectivity index (χ1) is 32.0. The fourth-order valence-corrected chi connectivity index (χ4v) is 8.65. The van der Waals surface area contributed by atoms with Crippen molar-refractivity contribution in [1.29, 1.82) is 0 Å². The second kappa shape index (κ2) is 48.2. The zero-order chi connectivity index (χ0) is 48.5. The Hall–Kier alpha value is -1.80. The summed E-state index contributed by atoms with van der Waals surface area (Å²) in [6.07, 6.45) is 64.5. The summed E-state index contributed by atoms with van der Waals surface area (Å²) in [6.45, 7) is 4.72. The summed E-state index contributed by atoms with van der Waals surface area (Å²) in [5.74, 6) is -0.179. The number of likely N-dealkylation sites (N-methyl/N-ethyl adjacent to an activating group) is 1. The number of hydrogen-bond acceptors (Lipinski definition) is 5. The van der Waals surface area contributed by atoms with Gasteiger partial charge in [0.25, 0.3) is 0 Å². The first kappa shape index (κ1) is 64.2. The Morgan fingerprint density at radius 1 is 0.530 bits per heavy atom. The highest BCUT2D eigenvalue weighted by molar-refractivity contribution is 7.47. The van der Waals surface area contributed by atoms with E-state index in [0.717, 1.165) is 64.2 Å². The molecule has 0 bridgehead atoms. The van der Waals surface area contributed by atoms with Crippen molar-refractivity contribution in [2.75, 3.05) is 40.9 Å². The zero-order valence-electron chi connectivity index (χ0n) is 43.9. The number of aliphatic hydroxyl groups excluding tert-OH is 1. The molecule has 8 nitrogen and oxygen atoms in total. The van der Waals surface area contributed by atoms with Crippen molar-refractivity contribution in [3.05, 3.63) is 60.8 Å². The smallest absolute Gasteiger partial charge is 0.387 e. The number of phosphoric ester groups is 1. The van der Waals surface area contributed by atoms with Crippen molar-refractivity contribution >= 4 is 13.7 Å². The van der Waals surface area contributed by atoms with Crippen LogP contribution in [0.4, 0.5) is 0 Å². The zero-order valence-corrected chi connectivity index (χ0v) is 44.8. The number of carbonyl (C=O) groups excluding carboxylic acids is 1. The average molecular weight is 948 g/mol. The van der Waals surface area contributed by atoms with Crippen LogP contribution in [0.25, 0.3) is 0 Å². The van der Waals surface area contributed by atoms with E-state index in [2.05, 4.69) is 67.8 Å². The molecule has 1 amide bonds. The molecule has 3 atom stereocenters. The number of nitrogens with one attached hydrogen (secondary N) is 1. The number of rotatable bonds is 50. The molecule has 0 spiro atoms. The summed E-state index contributed by atoms with van der Waals surface area (Å²) in [7, 11) is 1.57. The summed E-state index contributed by atoms with van der Waals surface area (Å²) < 4.78 is 23.7. The molecule has 0 radical (unpaired) electrons. The van der Waals surface area contributed by atoms with Crippen LogP contribution >= 0.6 is 7.82 Å². The maximum absolute atomic E-state index is 13.0. The number of hydrogen-bond donors (Lipinski definition) is 3. The van der Waals surface area contributed by atoms with Crippen LogP contribution < -0.4 is 5.32 Å². The van der Waals surface area contributed by atoms with E-state index in [9.17, 15) is 19.4 Å². The standard InChI is InChI=1S/C57H107N2O6P/c1-6-8-10-12-14-16-18-20-22-24-26-27-28-29-30-31-33-35-37-39-41-43-45-47-49-51-57(61)58-55(54-65-66(62,63)64-53-52-59(3,4)5)56(60)50-48-46-44-42-40-38-36-34-32-25-23-21-19-17-15-13-11-9-7-2/h8,10,14,16,20,22,26-27,48,50,55-56,60H,6-7,9,11-13,15,17-19,21,23-25,28-47,49,51-54H2,1-5H3,(H-,58,61,62,63)/p+1/b10-8-,16-14-,22-20-,27-26-,50-48+. The fraction of sp³-hybridized carbons (Fsp3) is 0.807. The van der Waals surface area contributed by atoms with Gasteiger partial charge in [0.05, 0.1) is 39.9 Å². The lowest BCUT2D eigenvalue weighted by Gasteiger charge is -2.25. The van der Waals surface area contributed by atoms with Gasteiger partial charge in [-0.2, -0.15) is 0 Å². The molecule has 9 heteroatoms. The lowest BCUT2D eigenvalue weighted by Crippen LogP contribution is -2.45. The highest BCUT2D eigenvalue weighted by atomic mass is 31.2. The molecule has 0 saturated carbocycles. The first-order valence-corrected chi connectivity index (χ1v) is 29.2. The molecule has 0 aliphatic heterocycles. The number of unbranched alkanes of at least 4 members (excludes halogenated alkanes) is 29. The molecule has 386 valence electrons. The van der Waals surface area contributed by atoms with Crippen LogP contribution in [-0.4, -0.2) is 73.4 Å². The molecule has 0 fully saturated rings. The molecule has 0 aliphatic carbocycles. The Labute approximate surface area is 409 Å². The van der Waals surface area contributed by atoms with E-state index >= 15 is 0 Å². The second-order valence-corrected chi connectivity index (χ2v) is 21.4. The third kappa shape index (κ3) is 50.1. The number of nitrogens with zero attached hydrogens (tertiary/aromatic N) is 1. The van der Waals surface area contributed by atoms with Gasteiger partial charge in [-0.05, 0) is 57.8 Å². The maximum atomic E-state index is 13.0. The molecule has 3 unspecified atom stereocenters. The van der Waals surface area contributed by atoms with Gasteiger partial charge in [-0.15, -0.1) is 0 Å². The minimum Gasteiger partial charge on any atom is -0.387 e. The summed E-state index contributed by atoms with van der Waals surface area (Å²) in [6, 6.07) is -0.850. The van der Waals surface area contributed by atoms with E-state index in [0.29, 0.717) is 17.4 Å². The van der Waals surface area contributed by atoms with Crippen molar-refractivity contribution in [3.8, 4) is 0 Å². The molecular weight excluding hydrogens is 840 g/mol. The Kier molecular flexibility index (Phi) is 46.9. The van der Waals surface area contributed by atoms with Crippen molar-refractivity contribution in [1.82, 2.24) is 5.32 Å². The molecule has 3 N–H and O–H groups in total. The third-order valence-electron chi connectivity index (χ3n) is 12.2. The van der Waals surface area contributed by atoms with Crippen LogP contribution in [0.15, 0.2) is 60.8 Å². The van der Waals surface area contributed by atoms with Crippen LogP contribution in [0.3, 0.4) is 0 Å². The van der Waals surface area contributed by atoms with Crippen LogP contribution in [0.2, 0.25) is 0 Å². The molecule has 66 heavy (non-hydrogen) atoms. The number of quaternary nitrogens is 1. The Balaban J connectivity index is 4.24. The summed E-state index contributed by atoms with van der Waals surface area (Å²) >= 11 is 0. The van der Waals surface area contributed by atoms with E-state index in [1.807, 2.05) is 27.2 Å². The van der Waals surface area contributed by atoms with Crippen LogP contribution in [-0.2, 0) is 18.4 Å². The van der Waals surface area contributed by atoms with Gasteiger partial charge in [0, 0.05) is 6.42 Å². The Morgan fingerprint density at radius 2 is 0.909 bits per heavy atom. The fourth-order valence-electron chi connectivity index (χ4n) is 7.92. The number of aliphatic hydroxyl groups is 1. The van der Waals surface area contributed by atoms with Crippen LogP contribution in [0, 0.1) is 0 Å². The molecular formula is C57H108N2O6P+. The number of allylic oxidation sites excluding steroid dienone is 9. The lowest BCUT2D eigenvalue weighted by molar-refractivity contribution is -0.870. The molecule has 0 aromatic heterocycles. The van der Waals surface area contributed by atoms with Crippen LogP contribution in [0.1, 0.15) is 245 Å². The molecule has 0 rings (SSSR count). The molecule has 0 aromatic carbocycles. The van der Waals surface area contributed by atoms with Gasteiger partial charge in [-0.3, -0.25) is 13.8 Å². The van der Waals surface area contributed by atoms with Crippen LogP contribution in [0.5, 0.6) is 0 Å². The van der Waals surface area contributed by atoms with Crippen molar-refractivity contribution in [2.24, 2.45) is 0 Å². The van der Waals surface area contributed by atoms with E-state index in [1.54, 1.807) is 6.08 Å². The lowest BCUT2D eigenvalue weighted by atomic mass is 10.0. The number of carbonyl (C=O) groups is 1. The Bertz CT molecular complexity index is 1260. The van der Waals surface area contributed by atoms with Crippen molar-refractivity contribution in [3.63, 3.8) is 0 Å². The van der Waals surface area contributed by atoms with Gasteiger partial charge in [-0.25, -0.2) is 4.57 Å². The predicted octanol–water partition coefficient (Wildman–Crippen LogP) is 16.5. The van der Waals surface area contributed by atoms with E-state index in [-0.39, 0.29) is 19.1 Å². The SMILES string of the molecule is CC/C=C\C/C=C\C/C=C\C/C=C\CCCCCCCCCCCCCCC(=O)NC(COP(=O)(O)OCC[N+](C)(C)C)C(O)/C=C/CCCCCCCCCCCCCCCCCCC. The van der Waals surface area contributed by atoms with Crippen molar-refractivity contribution < 1.29 is 32.9 Å². The molecule has 0 aliphatic rings. The maximum Gasteiger partial charge on any atom is 0.472 e. The summed E-state index contributed by atoms with van der Waals surface area (Å²) in [5.41, 5.74) is 0. The van der Waals surface area contributed by atoms with Gasteiger partial charge in [0.1, 0.15) is 13.2 Å². The first-order valence-electron chi connectivity index (χ1n) is 27.7. The topological polar surface area (TPSA) is 105 Å². The van der Waals surface area contributed by atoms with Crippen molar-refractivity contribution in [2.45, 2.75) is 257 Å². The van der Waals surface area contributed by atoms with E-state index in [4.69, 9.17) is 9.05 Å². The third-order valence-corrected chi connectivity index (χ3v) is 13.2. The summed E-state index contributed by atoms with van der Waals surface area (Å²) in [4.78, 5) is 23.3. The van der Waals surface area contributed by atoms with Gasteiger partial charge in [0.15, 0.2) is 0 Å². The number of amides is 1. The molecule has 0 saturated heterocycles. The predicted molar refractivity (Wildman–Crippen MR) is 286 cm³/mol. The van der Waals surface area contributed by atoms with Gasteiger partial charge < -0.3 is 19.8 Å². The largest absolute Gasteiger partial charge is 0.472 e. The Morgan fingerprint density at radius 3 is 1.33 bits per heavy atom. The molecule has 0 aromatic rings. The average Bonchev–Trinajstić information content (AvgIpc) is 3.28. The highest BCUT2D eigenvalue weighted by Crippen LogP contribution is 2.43. The van der Waals surface area contributed by atoms with Gasteiger partial charge >= 0.3 is 7.82 Å². The number of phosphoric acid groups is 1. The van der Waals surface area contributed by atoms with Gasteiger partial charge in [-0.1, -0.05) is 242 Å². The van der Waals surface area contributed by atoms with E-state index in [1.165, 1.54) is 161 Å². The quantitative estimate of drug-likeness (QED) is 0.0243. The second-order valence-electron chi connectivity index (χ2n) is 19.9. The normalized spacial score (nSPS) is 14.5. The molecule has 0 heterocycles. The minimum atomic E-state index is -4.35. The summed E-state index contributed by atoms with van der Waals surface area (Å²) in [5, 5.41) is 13.9. The van der Waals surface area contributed by atoms with E-state index < -0.39 is 20.0 Å². The highest BCUT2D eigenvalue weighted by Gasteiger charge is 2.27. The minimum absolute atomic E-state index is 0.0598. The van der Waals surface area contributed by atoms with Gasteiger partial charge in [0.2, 0.25) is 5.91 Å².